The van der Waals surface area contributed by atoms with Crippen molar-refractivity contribution in [2.45, 2.75) is 32.5 Å². The largest absolute Gasteiger partial charge is 0.444 e. The number of aliphatic imine (C=N–C) groups is 1. The lowest BCUT2D eigenvalue weighted by Gasteiger charge is -2.36. The van der Waals surface area contributed by atoms with E-state index in [1.54, 1.807) is 17.0 Å². The maximum absolute atomic E-state index is 12.0. The number of carbonyl (C=O) groups excluding carboxylic acids is 1. The van der Waals surface area contributed by atoms with Crippen molar-refractivity contribution in [3.63, 3.8) is 0 Å². The first-order valence-electron chi connectivity index (χ1n) is 8.12. The molecule has 140 valence electrons. The van der Waals surface area contributed by atoms with Gasteiger partial charge in [-0.15, -0.1) is 11.3 Å². The second kappa shape index (κ2) is 8.25. The number of ether oxygens (including phenoxy) is 1. The summed E-state index contributed by atoms with van der Waals surface area (Å²) in [7, 11) is 0. The molecule has 9 heteroatoms. The highest BCUT2D eigenvalue weighted by molar-refractivity contribution is 7.16. The Kier molecular flexibility index (Phi) is 6.53. The van der Waals surface area contributed by atoms with Crippen molar-refractivity contribution in [2.75, 3.05) is 32.7 Å². The number of piperazine rings is 1. The maximum Gasteiger partial charge on any atom is 0.410 e. The van der Waals surface area contributed by atoms with Gasteiger partial charge in [0.1, 0.15) is 11.7 Å². The summed E-state index contributed by atoms with van der Waals surface area (Å²) >= 11 is 7.19. The van der Waals surface area contributed by atoms with Gasteiger partial charge in [-0.1, -0.05) is 11.6 Å². The Morgan fingerprint density at radius 2 is 1.96 bits per heavy atom. The zero-order valence-electron chi connectivity index (χ0n) is 14.7. The number of carbonyl (C=O) groups is 1. The molecule has 3 N–H and O–H groups in total. The van der Waals surface area contributed by atoms with Gasteiger partial charge >= 0.3 is 6.09 Å². The van der Waals surface area contributed by atoms with Gasteiger partial charge in [-0.2, -0.15) is 0 Å². The zero-order chi connectivity index (χ0) is 18.6. The summed E-state index contributed by atoms with van der Waals surface area (Å²) in [5, 5.41) is 10.1. The molecule has 1 saturated heterocycles. The Bertz CT molecular complexity index is 621. The van der Waals surface area contributed by atoms with E-state index >= 15 is 0 Å². The van der Waals surface area contributed by atoms with Crippen molar-refractivity contribution < 1.29 is 14.6 Å². The van der Waals surface area contributed by atoms with E-state index in [0.717, 1.165) is 4.88 Å². The first-order valence-corrected chi connectivity index (χ1v) is 9.31. The van der Waals surface area contributed by atoms with Crippen molar-refractivity contribution in [3.8, 4) is 0 Å². The molecule has 1 aliphatic heterocycles. The smallest absolute Gasteiger partial charge is 0.410 e. The average Bonchev–Trinajstić information content (AvgIpc) is 2.97. The zero-order valence-corrected chi connectivity index (χ0v) is 16.3. The van der Waals surface area contributed by atoms with E-state index in [-0.39, 0.29) is 12.6 Å². The fraction of sp³-hybridized carbons (Fsp3) is 0.625. The molecule has 0 spiro atoms. The molecule has 7 nitrogen and oxygen atoms in total. The molecule has 0 aromatic carbocycles. The minimum atomic E-state index is -0.723. The molecular formula is C16H25ClN4O3S. The first kappa shape index (κ1) is 19.8. The Labute approximate surface area is 157 Å². The number of nitrogens with zero attached hydrogens (tertiary/aromatic N) is 3. The molecule has 0 aliphatic carbocycles. The molecule has 0 radical (unpaired) electrons. The van der Waals surface area contributed by atoms with Crippen LogP contribution in [0.5, 0.6) is 0 Å². The van der Waals surface area contributed by atoms with Crippen LogP contribution in [0.15, 0.2) is 17.1 Å². The Morgan fingerprint density at radius 3 is 2.48 bits per heavy atom. The number of nitrogens with two attached hydrogens (primary N) is 1. The van der Waals surface area contributed by atoms with Crippen LogP contribution in [-0.4, -0.2) is 65.3 Å². The van der Waals surface area contributed by atoms with Gasteiger partial charge in [0.2, 0.25) is 0 Å². The van der Waals surface area contributed by atoms with Gasteiger partial charge in [-0.25, -0.2) is 4.79 Å². The molecule has 25 heavy (non-hydrogen) atoms. The van der Waals surface area contributed by atoms with E-state index in [9.17, 15) is 9.90 Å². The highest BCUT2D eigenvalue weighted by Crippen LogP contribution is 2.27. The maximum atomic E-state index is 12.0. The van der Waals surface area contributed by atoms with Crippen molar-refractivity contribution >= 4 is 35.0 Å². The van der Waals surface area contributed by atoms with Crippen molar-refractivity contribution in [1.82, 2.24) is 9.80 Å². The van der Waals surface area contributed by atoms with Gasteiger partial charge in [0.25, 0.3) is 0 Å². The summed E-state index contributed by atoms with van der Waals surface area (Å²) in [5.74, 6) is 0.366. The fourth-order valence-electron chi connectivity index (χ4n) is 2.32. The summed E-state index contributed by atoms with van der Waals surface area (Å²) < 4.78 is 6.00. The van der Waals surface area contributed by atoms with E-state index in [1.807, 2.05) is 25.7 Å². The summed E-state index contributed by atoms with van der Waals surface area (Å²) in [5.41, 5.74) is 5.51. The Hall–Kier alpha value is -1.51. The number of halogens is 1. The van der Waals surface area contributed by atoms with Gasteiger partial charge < -0.3 is 25.4 Å². The molecule has 1 atom stereocenters. The number of aliphatic hydroxyl groups excluding tert-OH is 1. The van der Waals surface area contributed by atoms with E-state index < -0.39 is 11.7 Å². The highest BCUT2D eigenvalue weighted by atomic mass is 35.5. The van der Waals surface area contributed by atoms with Gasteiger partial charge in [-0.3, -0.25) is 4.99 Å². The minimum absolute atomic E-state index is 0.176. The number of hydrogen-bond donors (Lipinski definition) is 2. The van der Waals surface area contributed by atoms with Crippen LogP contribution < -0.4 is 5.73 Å². The van der Waals surface area contributed by atoms with Gasteiger partial charge in [-0.05, 0) is 32.9 Å². The van der Waals surface area contributed by atoms with Crippen molar-refractivity contribution in [2.24, 2.45) is 10.7 Å². The molecule has 2 rings (SSSR count). The van der Waals surface area contributed by atoms with E-state index in [1.165, 1.54) is 11.3 Å². The van der Waals surface area contributed by atoms with Gasteiger partial charge in [0.05, 0.1) is 10.9 Å². The van der Waals surface area contributed by atoms with Crippen molar-refractivity contribution in [3.05, 3.63) is 21.3 Å². The number of guanidine groups is 1. The molecule has 1 aromatic rings. The topological polar surface area (TPSA) is 91.4 Å². The van der Waals surface area contributed by atoms with E-state index in [0.29, 0.717) is 36.5 Å². The lowest BCUT2D eigenvalue weighted by atomic mass is 10.2. The van der Waals surface area contributed by atoms with Crippen LogP contribution in [0.2, 0.25) is 4.34 Å². The summed E-state index contributed by atoms with van der Waals surface area (Å²) in [6, 6.07) is 3.52. The molecule has 1 fully saturated rings. The lowest BCUT2D eigenvalue weighted by molar-refractivity contribution is 0.0186. The number of amides is 1. The van der Waals surface area contributed by atoms with Gasteiger partial charge in [0.15, 0.2) is 5.96 Å². The molecule has 0 bridgehead atoms. The third-order valence-corrected chi connectivity index (χ3v) is 4.94. The monoisotopic (exact) mass is 388 g/mol. The molecule has 1 amide bonds. The molecule has 1 unspecified atom stereocenters. The number of hydrogen-bond acceptors (Lipinski definition) is 5. The number of thiophene rings is 1. The van der Waals surface area contributed by atoms with Crippen LogP contribution in [0, 0.1) is 0 Å². The summed E-state index contributed by atoms with van der Waals surface area (Å²) in [6.07, 6.45) is -1.04. The number of aliphatic hydroxyl groups is 1. The molecular weight excluding hydrogens is 364 g/mol. The highest BCUT2D eigenvalue weighted by Gasteiger charge is 2.26. The molecule has 1 aromatic heterocycles. The SMILES string of the molecule is CC(C)(C)OC(=O)N1CCN(C(N)=NCC(O)c2ccc(Cl)s2)CC1. The van der Waals surface area contributed by atoms with Crippen LogP contribution in [0.3, 0.4) is 0 Å². The standard InChI is InChI=1S/C16H25ClN4O3S/c1-16(2,3)24-15(23)21-8-6-20(7-9-21)14(18)19-10-11(22)12-4-5-13(17)25-12/h4-5,11,22H,6-10H2,1-3H3,(H2,18,19). The Balaban J connectivity index is 1.82. The summed E-state index contributed by atoms with van der Waals surface area (Å²) in [4.78, 5) is 20.6. The number of rotatable bonds is 3. The summed E-state index contributed by atoms with van der Waals surface area (Å²) in [6.45, 7) is 7.91. The molecule has 2 heterocycles. The predicted molar refractivity (Wildman–Crippen MR) is 100 cm³/mol. The van der Waals surface area contributed by atoms with E-state index in [2.05, 4.69) is 4.99 Å². The fourth-order valence-corrected chi connectivity index (χ4v) is 3.36. The van der Waals surface area contributed by atoms with Crippen molar-refractivity contribution in [1.29, 1.82) is 0 Å². The van der Waals surface area contributed by atoms with E-state index in [4.69, 9.17) is 22.1 Å². The van der Waals surface area contributed by atoms with Crippen LogP contribution in [0.4, 0.5) is 4.79 Å². The van der Waals surface area contributed by atoms with Crippen LogP contribution in [-0.2, 0) is 4.74 Å². The molecule has 0 saturated carbocycles. The quantitative estimate of drug-likeness (QED) is 0.612. The molecule has 1 aliphatic rings. The van der Waals surface area contributed by atoms with Crippen LogP contribution in [0.1, 0.15) is 31.8 Å². The Morgan fingerprint density at radius 1 is 1.36 bits per heavy atom. The second-order valence-electron chi connectivity index (χ2n) is 6.81. The van der Waals surface area contributed by atoms with Crippen LogP contribution in [0.25, 0.3) is 0 Å². The van der Waals surface area contributed by atoms with Gasteiger partial charge in [0, 0.05) is 31.1 Å². The predicted octanol–water partition coefficient (Wildman–Crippen LogP) is 2.30. The first-order chi connectivity index (χ1) is 11.7. The lowest BCUT2D eigenvalue weighted by Crippen LogP contribution is -2.53. The normalized spacial score (nSPS) is 17.6. The average molecular weight is 389 g/mol. The minimum Gasteiger partial charge on any atom is -0.444 e. The second-order valence-corrected chi connectivity index (χ2v) is 8.56. The third kappa shape index (κ3) is 6.05. The van der Waals surface area contributed by atoms with Crippen LogP contribution >= 0.6 is 22.9 Å². The third-order valence-electron chi connectivity index (χ3n) is 3.60.